The van der Waals surface area contributed by atoms with Crippen LogP contribution in [0, 0.1) is 0 Å². The maximum Gasteiger partial charge on any atom is 0.252 e. The van der Waals surface area contributed by atoms with Crippen molar-refractivity contribution in [3.8, 4) is 0 Å². The average molecular weight is 298 g/mol. The number of pyridine rings is 1. The normalized spacial score (nSPS) is 10.7. The number of hydrogen-bond acceptors (Lipinski definition) is 5. The quantitative estimate of drug-likeness (QED) is 0.774. The van der Waals surface area contributed by atoms with E-state index in [0.717, 1.165) is 16.6 Å². The molecular weight excluding hydrogens is 284 g/mol. The molecule has 0 fully saturated rings. The summed E-state index contributed by atoms with van der Waals surface area (Å²) in [6.45, 7) is 0.541. The molecule has 21 heavy (non-hydrogen) atoms. The number of nitrogens with zero attached hydrogens (tertiary/aromatic N) is 2. The minimum Gasteiger partial charge on any atom is -0.384 e. The van der Waals surface area contributed by atoms with Gasteiger partial charge in [0.2, 0.25) is 0 Å². The van der Waals surface area contributed by atoms with Gasteiger partial charge in [-0.2, -0.15) is 0 Å². The molecule has 0 radical (unpaired) electrons. The lowest BCUT2D eigenvalue weighted by molar-refractivity contribution is 0.0955. The first kappa shape index (κ1) is 13.5. The zero-order valence-corrected chi connectivity index (χ0v) is 12.1. The van der Waals surface area contributed by atoms with E-state index in [1.54, 1.807) is 22.9 Å². The number of anilines is 1. The molecular formula is C15H14N4OS. The Balaban J connectivity index is 1.78. The third kappa shape index (κ3) is 3.00. The van der Waals surface area contributed by atoms with Crippen LogP contribution in [0.2, 0.25) is 0 Å². The Hall–Kier alpha value is -2.47. The number of carbonyl (C=O) groups is 1. The van der Waals surface area contributed by atoms with Gasteiger partial charge in [0.05, 0.1) is 22.3 Å². The molecule has 0 aliphatic carbocycles. The van der Waals surface area contributed by atoms with Gasteiger partial charge >= 0.3 is 0 Å². The third-order valence-corrected chi connectivity index (χ3v) is 3.77. The van der Waals surface area contributed by atoms with Crippen LogP contribution in [0.3, 0.4) is 0 Å². The number of benzene rings is 1. The Morgan fingerprint density at radius 2 is 2.19 bits per heavy atom. The second kappa shape index (κ2) is 5.88. The number of fused-ring (bicyclic) bond motifs is 1. The molecule has 0 aliphatic rings. The maximum atomic E-state index is 12.3. The Morgan fingerprint density at radius 3 is 3.00 bits per heavy atom. The molecule has 0 saturated heterocycles. The highest BCUT2D eigenvalue weighted by atomic mass is 32.1. The summed E-state index contributed by atoms with van der Waals surface area (Å²) in [7, 11) is 0. The predicted molar refractivity (Wildman–Crippen MR) is 84.3 cm³/mol. The number of aromatic nitrogens is 2. The molecule has 0 unspecified atom stereocenters. The topological polar surface area (TPSA) is 80.9 Å². The van der Waals surface area contributed by atoms with Gasteiger partial charge < -0.3 is 11.1 Å². The largest absolute Gasteiger partial charge is 0.384 e. The lowest BCUT2D eigenvalue weighted by Gasteiger charge is -2.08. The molecule has 2 heterocycles. The average Bonchev–Trinajstić information content (AvgIpc) is 2.99. The molecule has 0 bridgehead atoms. The smallest absolute Gasteiger partial charge is 0.252 e. The van der Waals surface area contributed by atoms with Crippen LogP contribution < -0.4 is 11.1 Å². The molecule has 1 amide bonds. The van der Waals surface area contributed by atoms with Crippen molar-refractivity contribution in [2.75, 3.05) is 12.3 Å². The monoisotopic (exact) mass is 298 g/mol. The molecule has 106 valence electrons. The number of nitrogens with two attached hydrogens (primary N) is 1. The van der Waals surface area contributed by atoms with Gasteiger partial charge in [0.15, 0.2) is 0 Å². The number of hydrogen-bond donors (Lipinski definition) is 2. The molecule has 1 aromatic carbocycles. The number of thiazole rings is 1. The Bertz CT molecular complexity index is 770. The van der Waals surface area contributed by atoms with Gasteiger partial charge in [-0.3, -0.25) is 4.79 Å². The fraction of sp³-hybridized carbons (Fsp3) is 0.133. The van der Waals surface area contributed by atoms with E-state index in [1.807, 2.05) is 29.6 Å². The van der Waals surface area contributed by atoms with Crippen molar-refractivity contribution in [2.45, 2.75) is 6.42 Å². The van der Waals surface area contributed by atoms with Crippen molar-refractivity contribution in [3.63, 3.8) is 0 Å². The minimum atomic E-state index is -0.143. The molecule has 5 nitrogen and oxygen atoms in total. The summed E-state index contributed by atoms with van der Waals surface area (Å²) in [6.07, 6.45) is 0.716. The van der Waals surface area contributed by atoms with Gasteiger partial charge in [-0.15, -0.1) is 11.3 Å². The van der Waals surface area contributed by atoms with Gasteiger partial charge in [-0.05, 0) is 12.1 Å². The molecule has 6 heteroatoms. The highest BCUT2D eigenvalue weighted by Gasteiger charge is 2.11. The first-order valence-corrected chi connectivity index (χ1v) is 7.49. The minimum absolute atomic E-state index is 0.143. The predicted octanol–water partition coefficient (Wildman–Crippen LogP) is 2.25. The van der Waals surface area contributed by atoms with Crippen LogP contribution in [0.1, 0.15) is 16.1 Å². The van der Waals surface area contributed by atoms with Crippen molar-refractivity contribution in [2.24, 2.45) is 0 Å². The van der Waals surface area contributed by atoms with E-state index in [-0.39, 0.29) is 5.91 Å². The SMILES string of the molecule is Nc1cc(C(=O)NCCc2cscn2)c2ccccc2n1. The van der Waals surface area contributed by atoms with E-state index in [0.29, 0.717) is 24.3 Å². The first-order valence-electron chi connectivity index (χ1n) is 6.54. The fourth-order valence-electron chi connectivity index (χ4n) is 2.14. The van der Waals surface area contributed by atoms with Gasteiger partial charge in [-0.25, -0.2) is 9.97 Å². The van der Waals surface area contributed by atoms with Crippen LogP contribution >= 0.6 is 11.3 Å². The Morgan fingerprint density at radius 1 is 1.33 bits per heavy atom. The zero-order chi connectivity index (χ0) is 14.7. The van der Waals surface area contributed by atoms with Crippen molar-refractivity contribution >= 4 is 34.0 Å². The van der Waals surface area contributed by atoms with E-state index >= 15 is 0 Å². The second-order valence-electron chi connectivity index (χ2n) is 4.60. The zero-order valence-electron chi connectivity index (χ0n) is 11.2. The van der Waals surface area contributed by atoms with E-state index in [2.05, 4.69) is 15.3 Å². The van der Waals surface area contributed by atoms with Crippen LogP contribution in [0.5, 0.6) is 0 Å². The van der Waals surface area contributed by atoms with Gasteiger partial charge in [0.1, 0.15) is 5.82 Å². The second-order valence-corrected chi connectivity index (χ2v) is 5.32. The van der Waals surface area contributed by atoms with E-state index < -0.39 is 0 Å². The highest BCUT2D eigenvalue weighted by Crippen LogP contribution is 2.19. The lowest BCUT2D eigenvalue weighted by atomic mass is 10.1. The summed E-state index contributed by atoms with van der Waals surface area (Å²) in [4.78, 5) is 20.7. The summed E-state index contributed by atoms with van der Waals surface area (Å²) in [5, 5.41) is 5.68. The molecule has 3 N–H and O–H groups in total. The molecule has 0 saturated carbocycles. The van der Waals surface area contributed by atoms with Crippen molar-refractivity contribution < 1.29 is 4.79 Å². The molecule has 2 aromatic heterocycles. The van der Waals surface area contributed by atoms with Crippen molar-refractivity contribution in [1.82, 2.24) is 15.3 Å². The summed E-state index contributed by atoms with van der Waals surface area (Å²) >= 11 is 1.55. The number of rotatable bonds is 4. The van der Waals surface area contributed by atoms with E-state index in [1.165, 1.54) is 0 Å². The molecule has 0 atom stereocenters. The van der Waals surface area contributed by atoms with E-state index in [4.69, 9.17) is 5.73 Å². The van der Waals surface area contributed by atoms with Gasteiger partial charge in [-0.1, -0.05) is 18.2 Å². The molecule has 0 spiro atoms. The van der Waals surface area contributed by atoms with Gasteiger partial charge in [0, 0.05) is 23.7 Å². The fourth-order valence-corrected chi connectivity index (χ4v) is 2.74. The van der Waals surface area contributed by atoms with E-state index in [9.17, 15) is 4.79 Å². The van der Waals surface area contributed by atoms with Crippen molar-refractivity contribution in [3.05, 3.63) is 52.5 Å². The molecule has 3 rings (SSSR count). The van der Waals surface area contributed by atoms with Crippen LogP contribution in [-0.2, 0) is 6.42 Å². The van der Waals surface area contributed by atoms with Crippen molar-refractivity contribution in [1.29, 1.82) is 0 Å². The summed E-state index contributed by atoms with van der Waals surface area (Å²) in [5.41, 5.74) is 9.82. The molecule has 3 aromatic rings. The van der Waals surface area contributed by atoms with Gasteiger partial charge in [0.25, 0.3) is 5.91 Å². The number of carbonyl (C=O) groups excluding carboxylic acids is 1. The lowest BCUT2D eigenvalue weighted by Crippen LogP contribution is -2.26. The number of para-hydroxylation sites is 1. The summed E-state index contributed by atoms with van der Waals surface area (Å²) < 4.78 is 0. The number of amides is 1. The van der Waals surface area contributed by atoms with Crippen LogP contribution in [-0.4, -0.2) is 22.4 Å². The Labute approximate surface area is 125 Å². The maximum absolute atomic E-state index is 12.3. The first-order chi connectivity index (χ1) is 10.2. The number of nitrogens with one attached hydrogen (secondary N) is 1. The molecule has 0 aliphatic heterocycles. The third-order valence-electron chi connectivity index (χ3n) is 3.13. The Kier molecular flexibility index (Phi) is 3.79. The van der Waals surface area contributed by atoms with Crippen LogP contribution in [0.25, 0.3) is 10.9 Å². The standard InChI is InChI=1S/C15H14N4OS/c16-14-7-12(11-3-1-2-4-13(11)19-14)15(20)17-6-5-10-8-21-9-18-10/h1-4,7-9H,5-6H2,(H2,16,19)(H,17,20). The van der Waals surface area contributed by atoms with Crippen LogP contribution in [0.4, 0.5) is 5.82 Å². The summed E-state index contributed by atoms with van der Waals surface area (Å²) in [5.74, 6) is 0.203. The highest BCUT2D eigenvalue weighted by molar-refractivity contribution is 7.07. The number of nitrogen functional groups attached to an aromatic ring is 1. The van der Waals surface area contributed by atoms with Crippen LogP contribution in [0.15, 0.2) is 41.2 Å². The summed E-state index contributed by atoms with van der Waals surface area (Å²) in [6, 6.07) is 9.08.